The van der Waals surface area contributed by atoms with Gasteiger partial charge in [0.25, 0.3) is 0 Å². The number of allylic oxidation sites excluding steroid dienone is 2. The average molecular weight is 97.2 g/mol. The molecule has 7 heavy (non-hydrogen) atoms. The summed E-state index contributed by atoms with van der Waals surface area (Å²) in [6.45, 7) is 4.09. The lowest BCUT2D eigenvalue weighted by Crippen LogP contribution is -1.65. The van der Waals surface area contributed by atoms with E-state index < -0.39 is 0 Å². The van der Waals surface area contributed by atoms with Crippen LogP contribution < -0.4 is 0 Å². The second-order valence-corrected chi connectivity index (χ2v) is 1.65. The Hall–Kier alpha value is -0.590. The molecule has 1 heteroatoms. The van der Waals surface area contributed by atoms with Crippen molar-refractivity contribution in [3.8, 4) is 0 Å². The topological polar surface area (TPSA) is 12.4 Å². The molecule has 0 aliphatic carbocycles. The van der Waals surface area contributed by atoms with Crippen LogP contribution in [-0.2, 0) is 0 Å². The maximum atomic E-state index is 3.77. The minimum absolute atomic E-state index is 1.28. The summed E-state index contributed by atoms with van der Waals surface area (Å²) in [6, 6.07) is 0. The molecule has 0 saturated heterocycles. The quantitative estimate of drug-likeness (QED) is 0.441. The van der Waals surface area contributed by atoms with Gasteiger partial charge in [-0.25, -0.2) is 0 Å². The van der Waals surface area contributed by atoms with E-state index in [-0.39, 0.29) is 0 Å². The fourth-order valence-electron chi connectivity index (χ4n) is 0.224. The van der Waals surface area contributed by atoms with Crippen LogP contribution in [0.25, 0.3) is 0 Å². The first kappa shape index (κ1) is 6.41. The van der Waals surface area contributed by atoms with E-state index in [4.69, 9.17) is 0 Å². The number of rotatable bonds is 1. The molecule has 0 radical (unpaired) electrons. The van der Waals surface area contributed by atoms with Crippen LogP contribution in [0.15, 0.2) is 16.6 Å². The maximum Gasteiger partial charge on any atom is 0.0277 e. The maximum absolute atomic E-state index is 3.77. The molecule has 0 aliphatic heterocycles. The molecular formula is C6H11N. The smallest absolute Gasteiger partial charge is 0.0277 e. The van der Waals surface area contributed by atoms with E-state index in [2.05, 4.69) is 4.99 Å². The molecule has 0 fully saturated rings. The van der Waals surface area contributed by atoms with Gasteiger partial charge in [-0.1, -0.05) is 5.57 Å². The Balaban J connectivity index is 3.46. The minimum atomic E-state index is 1.28. The molecule has 0 spiro atoms. The van der Waals surface area contributed by atoms with Crippen molar-refractivity contribution >= 4 is 6.21 Å². The van der Waals surface area contributed by atoms with E-state index >= 15 is 0 Å². The molecule has 0 aromatic heterocycles. The molecule has 0 aliphatic rings. The van der Waals surface area contributed by atoms with Crippen LogP contribution in [0.1, 0.15) is 13.8 Å². The fraction of sp³-hybridized carbons (Fsp3) is 0.500. The van der Waals surface area contributed by atoms with Gasteiger partial charge in [-0.15, -0.1) is 0 Å². The van der Waals surface area contributed by atoms with Crippen molar-refractivity contribution in [1.82, 2.24) is 0 Å². The summed E-state index contributed by atoms with van der Waals surface area (Å²) in [6.07, 6.45) is 3.76. The summed E-state index contributed by atoms with van der Waals surface area (Å²) in [4.78, 5) is 3.77. The van der Waals surface area contributed by atoms with Crippen molar-refractivity contribution in [3.63, 3.8) is 0 Å². The summed E-state index contributed by atoms with van der Waals surface area (Å²) in [5, 5.41) is 0. The van der Waals surface area contributed by atoms with Crippen molar-refractivity contribution in [3.05, 3.63) is 11.6 Å². The molecule has 0 rings (SSSR count). The predicted octanol–water partition coefficient (Wildman–Crippen LogP) is 1.65. The van der Waals surface area contributed by atoms with E-state index in [1.54, 1.807) is 13.3 Å². The fourth-order valence-corrected chi connectivity index (χ4v) is 0.224. The van der Waals surface area contributed by atoms with Crippen LogP contribution >= 0.6 is 0 Å². The molecule has 0 atom stereocenters. The molecule has 0 heterocycles. The van der Waals surface area contributed by atoms with Gasteiger partial charge < -0.3 is 0 Å². The second-order valence-electron chi connectivity index (χ2n) is 1.65. The van der Waals surface area contributed by atoms with Crippen molar-refractivity contribution in [2.75, 3.05) is 7.05 Å². The number of hydrogen-bond donors (Lipinski definition) is 0. The van der Waals surface area contributed by atoms with Crippen LogP contribution in [-0.4, -0.2) is 13.3 Å². The highest BCUT2D eigenvalue weighted by Crippen LogP contribution is 1.82. The Labute approximate surface area is 44.8 Å². The van der Waals surface area contributed by atoms with Gasteiger partial charge in [-0.05, 0) is 19.9 Å². The summed E-state index contributed by atoms with van der Waals surface area (Å²) in [7, 11) is 1.76. The van der Waals surface area contributed by atoms with Gasteiger partial charge >= 0.3 is 0 Å². The summed E-state index contributed by atoms with van der Waals surface area (Å²) < 4.78 is 0. The predicted molar refractivity (Wildman–Crippen MR) is 33.8 cm³/mol. The lowest BCUT2D eigenvalue weighted by molar-refractivity contribution is 1.40. The molecule has 1 nitrogen and oxygen atoms in total. The zero-order chi connectivity index (χ0) is 5.70. The highest BCUT2D eigenvalue weighted by atomic mass is 14.6. The zero-order valence-electron chi connectivity index (χ0n) is 5.10. The van der Waals surface area contributed by atoms with Crippen LogP contribution in [0.5, 0.6) is 0 Å². The van der Waals surface area contributed by atoms with Crippen LogP contribution in [0, 0.1) is 0 Å². The van der Waals surface area contributed by atoms with Gasteiger partial charge in [0.15, 0.2) is 0 Å². The Morgan fingerprint density at radius 3 is 2.14 bits per heavy atom. The van der Waals surface area contributed by atoms with Crippen LogP contribution in [0.2, 0.25) is 0 Å². The van der Waals surface area contributed by atoms with E-state index in [9.17, 15) is 0 Å². The lowest BCUT2D eigenvalue weighted by atomic mass is 10.3. The van der Waals surface area contributed by atoms with Gasteiger partial charge in [0, 0.05) is 13.3 Å². The van der Waals surface area contributed by atoms with Gasteiger partial charge in [0.2, 0.25) is 0 Å². The third-order valence-electron chi connectivity index (χ3n) is 0.557. The SMILES string of the molecule is C/N=C/C=C(C)C. The second kappa shape index (κ2) is 3.59. The number of aliphatic imine (C=N–C) groups is 1. The highest BCUT2D eigenvalue weighted by molar-refractivity contribution is 5.71. The van der Waals surface area contributed by atoms with Crippen LogP contribution in [0.3, 0.4) is 0 Å². The zero-order valence-corrected chi connectivity index (χ0v) is 5.10. The Morgan fingerprint density at radius 1 is 1.43 bits per heavy atom. The van der Waals surface area contributed by atoms with Gasteiger partial charge in [-0.3, -0.25) is 4.99 Å². The molecule has 0 bridgehead atoms. The van der Waals surface area contributed by atoms with Gasteiger partial charge in [0.1, 0.15) is 0 Å². The van der Waals surface area contributed by atoms with Crippen molar-refractivity contribution in [2.45, 2.75) is 13.8 Å². The monoisotopic (exact) mass is 97.1 g/mol. The standard InChI is InChI=1S/C6H11N/c1-6(2)4-5-7-3/h4-5H,1-3H3/b7-5+. The van der Waals surface area contributed by atoms with Crippen molar-refractivity contribution < 1.29 is 0 Å². The van der Waals surface area contributed by atoms with Crippen molar-refractivity contribution in [2.24, 2.45) is 4.99 Å². The number of nitrogens with zero attached hydrogens (tertiary/aromatic N) is 1. The summed E-state index contributed by atoms with van der Waals surface area (Å²) >= 11 is 0. The lowest BCUT2D eigenvalue weighted by Gasteiger charge is -1.77. The Morgan fingerprint density at radius 2 is 2.00 bits per heavy atom. The molecule has 0 saturated carbocycles. The molecule has 0 aromatic rings. The Bertz CT molecular complexity index is 86.4. The molecule has 0 aromatic carbocycles. The molecule has 0 unspecified atom stereocenters. The molecule has 0 amide bonds. The normalized spacial score (nSPS) is 9.57. The van der Waals surface area contributed by atoms with E-state index in [1.807, 2.05) is 19.9 Å². The largest absolute Gasteiger partial charge is 0.297 e. The van der Waals surface area contributed by atoms with E-state index in [0.717, 1.165) is 0 Å². The van der Waals surface area contributed by atoms with Crippen LogP contribution in [0.4, 0.5) is 0 Å². The van der Waals surface area contributed by atoms with E-state index in [1.165, 1.54) is 5.57 Å². The first-order valence-corrected chi connectivity index (χ1v) is 2.33. The molecular weight excluding hydrogens is 86.1 g/mol. The van der Waals surface area contributed by atoms with Gasteiger partial charge in [-0.2, -0.15) is 0 Å². The van der Waals surface area contributed by atoms with E-state index in [0.29, 0.717) is 0 Å². The average Bonchev–Trinajstić information content (AvgIpc) is 1.61. The van der Waals surface area contributed by atoms with Crippen molar-refractivity contribution in [1.29, 1.82) is 0 Å². The highest BCUT2D eigenvalue weighted by Gasteiger charge is 1.66. The molecule has 40 valence electrons. The first-order valence-electron chi connectivity index (χ1n) is 2.33. The molecule has 0 N–H and O–H groups in total. The minimum Gasteiger partial charge on any atom is -0.297 e. The summed E-state index contributed by atoms with van der Waals surface area (Å²) in [5.41, 5.74) is 1.28. The number of hydrogen-bond acceptors (Lipinski definition) is 1. The third kappa shape index (κ3) is 5.41. The Kier molecular flexibility index (Phi) is 3.29. The van der Waals surface area contributed by atoms with Gasteiger partial charge in [0.05, 0.1) is 0 Å². The third-order valence-corrected chi connectivity index (χ3v) is 0.557. The summed E-state index contributed by atoms with van der Waals surface area (Å²) in [5.74, 6) is 0. The first-order chi connectivity index (χ1) is 3.27.